The molecule has 0 amide bonds. The van der Waals surface area contributed by atoms with Crippen molar-refractivity contribution in [3.8, 4) is 5.75 Å². The molecule has 0 radical (unpaired) electrons. The Morgan fingerprint density at radius 2 is 1.74 bits per heavy atom. The molecule has 0 aliphatic heterocycles. The lowest BCUT2D eigenvalue weighted by molar-refractivity contribution is -0.870. The molecule has 2 aromatic heterocycles. The number of aromatic nitrogens is 1. The number of hydrogen-bond acceptors (Lipinski definition) is 4. The number of furan rings is 1. The zero-order valence-electron chi connectivity index (χ0n) is 21.7. The van der Waals surface area contributed by atoms with Gasteiger partial charge in [0.25, 0.3) is 5.52 Å². The van der Waals surface area contributed by atoms with Crippen molar-refractivity contribution in [2.75, 3.05) is 66.8 Å². The van der Waals surface area contributed by atoms with Crippen molar-refractivity contribution in [2.45, 2.75) is 12.8 Å². The van der Waals surface area contributed by atoms with E-state index in [0.717, 1.165) is 70.5 Å². The van der Waals surface area contributed by atoms with Gasteiger partial charge in [0.2, 0.25) is 11.1 Å². The van der Waals surface area contributed by atoms with Crippen molar-refractivity contribution in [3.63, 3.8) is 0 Å². The second-order valence-corrected chi connectivity index (χ2v) is 10.2. The van der Waals surface area contributed by atoms with Crippen LogP contribution in [0.25, 0.3) is 33.0 Å². The molecule has 1 N–H and O–H groups in total. The van der Waals surface area contributed by atoms with E-state index in [1.807, 2.05) is 12.1 Å². The normalized spacial score (nSPS) is 11.6. The molecule has 4 aromatic rings. The third-order valence-electron chi connectivity index (χ3n) is 6.06. The van der Waals surface area contributed by atoms with Crippen molar-refractivity contribution in [1.29, 1.82) is 0 Å². The van der Waals surface area contributed by atoms with Crippen molar-refractivity contribution in [2.24, 2.45) is 7.05 Å². The van der Waals surface area contributed by atoms with E-state index in [9.17, 15) is 0 Å². The topological polar surface area (TPSA) is 41.5 Å². The van der Waals surface area contributed by atoms with Gasteiger partial charge in [0.05, 0.1) is 50.8 Å². The molecular formula is C27H38I2N4O2. The standard InChI is InChI=1S/C27H37N4O2.2HI/c1-29(2)16-9-15-28-25-21-11-7-8-12-23(21)30(3)26-22-19-20(13-14-24(22)33-27(25)26)32-18-10-17-31(4,5)6;;/h7-8,11-14,19H,9-10,15-18H2,1-6H3;2*1H/q+1;;/p-1. The molecule has 0 unspecified atom stereocenters. The van der Waals surface area contributed by atoms with Crippen LogP contribution in [0, 0.1) is 0 Å². The van der Waals surface area contributed by atoms with Crippen molar-refractivity contribution in [3.05, 3.63) is 42.5 Å². The minimum Gasteiger partial charge on any atom is -1.00 e. The maximum absolute atomic E-state index is 6.42. The number of fused-ring (bicyclic) bond motifs is 4. The van der Waals surface area contributed by atoms with Crippen molar-refractivity contribution < 1.29 is 66.2 Å². The number of anilines is 1. The van der Waals surface area contributed by atoms with Crippen LogP contribution in [0.5, 0.6) is 5.75 Å². The summed E-state index contributed by atoms with van der Waals surface area (Å²) in [6.45, 7) is 3.73. The molecule has 8 heteroatoms. The summed E-state index contributed by atoms with van der Waals surface area (Å²) in [5.41, 5.74) is 5.12. The molecule has 0 saturated heterocycles. The zero-order valence-corrected chi connectivity index (χ0v) is 26.0. The largest absolute Gasteiger partial charge is 1.00 e. The zero-order chi connectivity index (χ0) is 23.6. The van der Waals surface area contributed by atoms with E-state index in [0.29, 0.717) is 6.61 Å². The highest BCUT2D eigenvalue weighted by molar-refractivity contribution is 6.11. The number of hydrogen-bond donors (Lipinski definition) is 1. The van der Waals surface area contributed by atoms with Crippen LogP contribution < -0.4 is 62.6 Å². The Balaban J connectivity index is 0.00000216. The van der Waals surface area contributed by atoms with Gasteiger partial charge in [-0.25, -0.2) is 0 Å². The summed E-state index contributed by atoms with van der Waals surface area (Å²) in [6.07, 6.45) is 2.09. The van der Waals surface area contributed by atoms with Gasteiger partial charge in [-0.3, -0.25) is 0 Å². The van der Waals surface area contributed by atoms with E-state index < -0.39 is 0 Å². The molecular weight excluding hydrogens is 666 g/mol. The summed E-state index contributed by atoms with van der Waals surface area (Å²) in [5.74, 6) is 0.889. The molecule has 2 heterocycles. The quantitative estimate of drug-likeness (QED) is 0.0938. The second-order valence-electron chi connectivity index (χ2n) is 10.2. The van der Waals surface area contributed by atoms with Gasteiger partial charge < -0.3 is 71.8 Å². The van der Waals surface area contributed by atoms with Gasteiger partial charge in [-0.05, 0) is 51.3 Å². The average Bonchev–Trinajstić information content (AvgIpc) is 3.14. The van der Waals surface area contributed by atoms with Crippen LogP contribution in [0.1, 0.15) is 12.8 Å². The fourth-order valence-corrected chi connectivity index (χ4v) is 4.39. The first-order chi connectivity index (χ1) is 15.7. The first kappa shape index (κ1) is 29.9. The van der Waals surface area contributed by atoms with Crippen LogP contribution in [0.15, 0.2) is 46.9 Å². The Kier molecular flexibility index (Phi) is 10.9. The number of nitrogens with one attached hydrogen (secondary N) is 1. The third kappa shape index (κ3) is 7.11. The molecule has 0 saturated carbocycles. The number of para-hydroxylation sites is 1. The Labute approximate surface area is 243 Å². The molecule has 6 nitrogen and oxygen atoms in total. The highest BCUT2D eigenvalue weighted by Crippen LogP contribution is 2.37. The molecule has 0 aliphatic carbocycles. The number of aryl methyl sites for hydroxylation is 1. The third-order valence-corrected chi connectivity index (χ3v) is 6.06. The van der Waals surface area contributed by atoms with E-state index in [2.05, 4.69) is 87.4 Å². The summed E-state index contributed by atoms with van der Waals surface area (Å²) < 4.78 is 15.7. The van der Waals surface area contributed by atoms with Crippen LogP contribution in [-0.2, 0) is 7.05 Å². The predicted octanol–water partition coefficient (Wildman–Crippen LogP) is -1.59. The maximum atomic E-state index is 6.42. The molecule has 0 atom stereocenters. The second kappa shape index (κ2) is 12.7. The number of halogens is 2. The summed E-state index contributed by atoms with van der Waals surface area (Å²) in [5, 5.41) is 5.93. The molecule has 0 aliphatic rings. The minimum absolute atomic E-state index is 0. The molecule has 35 heavy (non-hydrogen) atoms. The Morgan fingerprint density at radius 1 is 1.00 bits per heavy atom. The van der Waals surface area contributed by atoms with Gasteiger partial charge in [0.1, 0.15) is 18.4 Å². The summed E-state index contributed by atoms with van der Waals surface area (Å²) >= 11 is 0. The average molecular weight is 704 g/mol. The lowest BCUT2D eigenvalue weighted by atomic mass is 10.1. The van der Waals surface area contributed by atoms with Crippen LogP contribution in [0.2, 0.25) is 0 Å². The number of rotatable bonds is 10. The summed E-state index contributed by atoms with van der Waals surface area (Å²) in [4.78, 5) is 2.21. The van der Waals surface area contributed by atoms with Gasteiger partial charge in [-0.2, -0.15) is 4.57 Å². The van der Waals surface area contributed by atoms with Crippen molar-refractivity contribution in [1.82, 2.24) is 4.90 Å². The first-order valence-electron chi connectivity index (χ1n) is 11.8. The highest BCUT2D eigenvalue weighted by Gasteiger charge is 2.24. The van der Waals surface area contributed by atoms with Crippen LogP contribution >= 0.6 is 0 Å². The van der Waals surface area contributed by atoms with Gasteiger partial charge in [0, 0.05) is 19.0 Å². The Morgan fingerprint density at radius 3 is 2.46 bits per heavy atom. The van der Waals surface area contributed by atoms with E-state index in [4.69, 9.17) is 9.15 Å². The molecule has 2 aromatic carbocycles. The number of ether oxygens (including phenoxy) is 1. The summed E-state index contributed by atoms with van der Waals surface area (Å²) in [7, 11) is 13.0. The highest BCUT2D eigenvalue weighted by atomic mass is 127. The fraction of sp³-hybridized carbons (Fsp3) is 0.444. The number of pyridine rings is 1. The van der Waals surface area contributed by atoms with Gasteiger partial charge in [-0.1, -0.05) is 12.1 Å². The SMILES string of the molecule is CN(C)CCCNc1c2ccccc2[n+](C)c2c1oc1ccc(OCCC[N+](C)(C)C)cc12.[I-].[I-]. The van der Waals surface area contributed by atoms with E-state index in [-0.39, 0.29) is 48.0 Å². The van der Waals surface area contributed by atoms with E-state index in [1.54, 1.807) is 0 Å². The van der Waals surface area contributed by atoms with Gasteiger partial charge in [0.15, 0.2) is 0 Å². The predicted molar refractivity (Wildman–Crippen MR) is 137 cm³/mol. The van der Waals surface area contributed by atoms with Gasteiger partial charge >= 0.3 is 0 Å². The lowest BCUT2D eigenvalue weighted by Crippen LogP contribution is -3.00. The maximum Gasteiger partial charge on any atom is 0.261 e. The summed E-state index contributed by atoms with van der Waals surface area (Å²) in [6, 6.07) is 14.7. The van der Waals surface area contributed by atoms with Crippen LogP contribution in [0.4, 0.5) is 5.69 Å². The lowest BCUT2D eigenvalue weighted by Gasteiger charge is -2.23. The molecule has 0 fully saturated rings. The molecule has 0 bridgehead atoms. The van der Waals surface area contributed by atoms with Crippen LogP contribution in [-0.4, -0.2) is 70.9 Å². The van der Waals surface area contributed by atoms with Crippen LogP contribution in [0.3, 0.4) is 0 Å². The fourth-order valence-electron chi connectivity index (χ4n) is 4.39. The number of quaternary nitrogens is 1. The van der Waals surface area contributed by atoms with Crippen molar-refractivity contribution >= 4 is 38.7 Å². The van der Waals surface area contributed by atoms with Gasteiger partial charge in [-0.15, -0.1) is 0 Å². The number of nitrogens with zero attached hydrogens (tertiary/aromatic N) is 3. The first-order valence-corrected chi connectivity index (χ1v) is 11.8. The monoisotopic (exact) mass is 704 g/mol. The molecule has 4 rings (SSSR count). The number of benzene rings is 2. The molecule has 192 valence electrons. The Hall–Kier alpha value is -1.37. The molecule has 0 spiro atoms. The van der Waals surface area contributed by atoms with E-state index >= 15 is 0 Å². The Bertz CT molecular complexity index is 1270. The smallest absolute Gasteiger partial charge is 0.261 e. The van der Waals surface area contributed by atoms with E-state index in [1.165, 1.54) is 10.9 Å². The minimum atomic E-state index is 0.